The van der Waals surface area contributed by atoms with Crippen molar-refractivity contribution in [2.24, 2.45) is 16.7 Å². The quantitative estimate of drug-likeness (QED) is 0.133. The van der Waals surface area contributed by atoms with E-state index in [4.69, 9.17) is 0 Å². The smallest absolute Gasteiger partial charge is 0.228 e. The van der Waals surface area contributed by atoms with Crippen molar-refractivity contribution in [2.45, 2.75) is 175 Å². The third kappa shape index (κ3) is 8.61. The van der Waals surface area contributed by atoms with Crippen LogP contribution in [0.3, 0.4) is 0 Å². The lowest BCUT2D eigenvalue weighted by Crippen LogP contribution is -2.62. The minimum absolute atomic E-state index is 0.0754. The summed E-state index contributed by atoms with van der Waals surface area (Å²) in [5.74, 6) is 2.13. The van der Waals surface area contributed by atoms with Crippen molar-refractivity contribution in [1.29, 1.82) is 0 Å². The molecule has 2 bridgehead atoms. The third-order valence-corrected chi connectivity index (χ3v) is 23.3. The molecule has 0 radical (unpaired) electrons. The van der Waals surface area contributed by atoms with E-state index in [0.717, 1.165) is 42.4 Å². The molecule has 7 aromatic rings. The zero-order chi connectivity index (χ0) is 56.6. The molecular formula is C77H86BN3S. The fourth-order valence-corrected chi connectivity index (χ4v) is 18.3. The first-order valence-electron chi connectivity index (χ1n) is 31.8. The van der Waals surface area contributed by atoms with Crippen LogP contribution in [-0.4, -0.2) is 19.3 Å². The number of benzene rings is 6. The molecule has 2 aliphatic heterocycles. The standard InChI is InChI=1S/C77H86BN3S/c1-12-20-62-63(76(9,10)41-40-75(62,7)8)36-42-79-67-43-51(13-2)25-32-66(67)78-71-61-47-65-60(50(4)52-34-38-77(65,11)39-35-52)48-70(61)82-73(71)81(58-30-31-59-49(3)33-37-74(5,6)64(59)46-58)69-45-54(44-68(79)72(69)78)53-26-28-57(29-27-53)80(55-21-16-14-17-22-55)56-23-18-15-19-24-56/h14-32,36,43-50,52,66-67H,12-13,33-35,37-42H2,1-11H3/b62-20?,63-36+. The number of nitrogens with zero attached hydrogens (tertiary/aromatic N) is 3. The summed E-state index contributed by atoms with van der Waals surface area (Å²) < 4.78 is 1.47. The molecule has 1 aromatic heterocycles. The molecule has 82 heavy (non-hydrogen) atoms. The van der Waals surface area contributed by atoms with Gasteiger partial charge in [-0.3, -0.25) is 0 Å². The van der Waals surface area contributed by atoms with Crippen LogP contribution in [0.5, 0.6) is 0 Å². The van der Waals surface area contributed by atoms with Crippen molar-refractivity contribution in [3.63, 3.8) is 0 Å². The highest BCUT2D eigenvalue weighted by Gasteiger charge is 2.52. The predicted octanol–water partition coefficient (Wildman–Crippen LogP) is 20.7. The lowest BCUT2D eigenvalue weighted by Gasteiger charge is -2.50. The molecule has 0 spiro atoms. The van der Waals surface area contributed by atoms with E-state index in [1.54, 1.807) is 27.7 Å². The molecule has 6 aliphatic carbocycles. The zero-order valence-electron chi connectivity index (χ0n) is 51.0. The fourth-order valence-electron chi connectivity index (χ4n) is 17.0. The average molecular weight is 1100 g/mol. The number of allylic oxidation sites excluding steroid dienone is 5. The molecular weight excluding hydrogens is 1010 g/mol. The van der Waals surface area contributed by atoms with E-state index in [2.05, 4.69) is 260 Å². The van der Waals surface area contributed by atoms with Crippen molar-refractivity contribution in [1.82, 2.24) is 0 Å². The normalized spacial score (nSPS) is 26.2. The highest BCUT2D eigenvalue weighted by Crippen LogP contribution is 2.58. The van der Waals surface area contributed by atoms with Crippen molar-refractivity contribution >= 4 is 78.2 Å². The molecule has 15 rings (SSSR count). The van der Waals surface area contributed by atoms with Crippen LogP contribution in [0.2, 0.25) is 5.82 Å². The minimum Gasteiger partial charge on any atom is -0.362 e. The fraction of sp³-hybridized carbons (Fsp3) is 0.403. The molecule has 6 aromatic carbocycles. The summed E-state index contributed by atoms with van der Waals surface area (Å²) in [6.07, 6.45) is 25.4. The Hall–Kier alpha value is -6.30. The van der Waals surface area contributed by atoms with Crippen LogP contribution >= 0.6 is 11.3 Å². The number of thiophene rings is 1. The van der Waals surface area contributed by atoms with E-state index >= 15 is 0 Å². The summed E-state index contributed by atoms with van der Waals surface area (Å²) in [4.78, 5) is 8.07. The lowest BCUT2D eigenvalue weighted by atomic mass is 9.29. The van der Waals surface area contributed by atoms with E-state index in [1.165, 1.54) is 117 Å². The van der Waals surface area contributed by atoms with Crippen molar-refractivity contribution in [3.05, 3.63) is 197 Å². The van der Waals surface area contributed by atoms with Gasteiger partial charge in [0.25, 0.3) is 0 Å². The van der Waals surface area contributed by atoms with Crippen LogP contribution in [0.25, 0.3) is 21.2 Å². The van der Waals surface area contributed by atoms with Gasteiger partial charge in [0.2, 0.25) is 6.71 Å². The molecule has 4 atom stereocenters. The van der Waals surface area contributed by atoms with Gasteiger partial charge in [-0.05, 0) is 243 Å². The second-order valence-electron chi connectivity index (χ2n) is 28.4. The number of para-hydroxylation sites is 2. The number of hydrogen-bond donors (Lipinski definition) is 0. The largest absolute Gasteiger partial charge is 0.362 e. The van der Waals surface area contributed by atoms with Gasteiger partial charge < -0.3 is 14.7 Å². The molecule has 3 nitrogen and oxygen atoms in total. The van der Waals surface area contributed by atoms with Gasteiger partial charge in [-0.2, -0.15) is 0 Å². The molecule has 2 saturated carbocycles. The van der Waals surface area contributed by atoms with Gasteiger partial charge in [-0.25, -0.2) is 0 Å². The van der Waals surface area contributed by atoms with Crippen LogP contribution in [0, 0.1) is 16.7 Å². The Morgan fingerprint density at radius 1 is 0.622 bits per heavy atom. The molecule has 8 aliphatic rings. The first kappa shape index (κ1) is 53.7. The highest BCUT2D eigenvalue weighted by molar-refractivity contribution is 7.26. The molecule has 4 unspecified atom stereocenters. The number of hydrogen-bond acceptors (Lipinski definition) is 4. The summed E-state index contributed by atoms with van der Waals surface area (Å²) in [5.41, 5.74) is 24.4. The van der Waals surface area contributed by atoms with Crippen molar-refractivity contribution < 1.29 is 0 Å². The molecule has 418 valence electrons. The van der Waals surface area contributed by atoms with Crippen LogP contribution in [0.15, 0.2) is 174 Å². The Kier molecular flexibility index (Phi) is 13.0. The second-order valence-corrected chi connectivity index (χ2v) is 29.4. The first-order chi connectivity index (χ1) is 39.5. The number of anilines is 7. The van der Waals surface area contributed by atoms with Crippen LogP contribution < -0.4 is 25.6 Å². The van der Waals surface area contributed by atoms with E-state index in [-0.39, 0.29) is 40.2 Å². The van der Waals surface area contributed by atoms with Gasteiger partial charge in [0.15, 0.2) is 0 Å². The third-order valence-electron chi connectivity index (χ3n) is 22.1. The topological polar surface area (TPSA) is 9.72 Å². The zero-order valence-corrected chi connectivity index (χ0v) is 51.8. The van der Waals surface area contributed by atoms with Crippen LogP contribution in [0.1, 0.15) is 174 Å². The Balaban J connectivity index is 1.04. The van der Waals surface area contributed by atoms with E-state index in [1.807, 2.05) is 0 Å². The van der Waals surface area contributed by atoms with Crippen LogP contribution in [-0.2, 0) is 10.8 Å². The molecule has 0 saturated heterocycles. The second kappa shape index (κ2) is 19.9. The van der Waals surface area contributed by atoms with Gasteiger partial charge in [-0.15, -0.1) is 11.3 Å². The first-order valence-corrected chi connectivity index (χ1v) is 32.6. The van der Waals surface area contributed by atoms with E-state index in [9.17, 15) is 0 Å². The summed E-state index contributed by atoms with van der Waals surface area (Å²) in [5, 5.41) is 2.93. The summed E-state index contributed by atoms with van der Waals surface area (Å²) in [6.45, 7) is 28.4. The molecule has 5 heteroatoms. The molecule has 0 amide bonds. The minimum atomic E-state index is 0.0754. The monoisotopic (exact) mass is 1100 g/mol. The SMILES string of the molecule is CCC=C1/C(=C\CN2c3cc(-c4ccc(N(c5ccccc5)c5ccccc5)cc4)cc4c3B(c3c(sc5cc6c(cc35)C3(C)CCC(CC3)C6C)N4c3ccc4c(c3)C(C)(C)CCC4C)C3C=CC(CC)=CC32)C(C)(C)CCC1(C)C. The molecule has 3 heterocycles. The van der Waals surface area contributed by atoms with E-state index < -0.39 is 0 Å². The maximum atomic E-state index is 2.89. The Labute approximate surface area is 496 Å². The Bertz CT molecular complexity index is 3730. The maximum absolute atomic E-state index is 2.89. The van der Waals surface area contributed by atoms with Crippen molar-refractivity contribution in [3.8, 4) is 11.1 Å². The summed E-state index contributed by atoms with van der Waals surface area (Å²) in [6, 6.07) is 49.8. The Morgan fingerprint density at radius 3 is 1.95 bits per heavy atom. The van der Waals surface area contributed by atoms with Gasteiger partial charge >= 0.3 is 0 Å². The van der Waals surface area contributed by atoms with Gasteiger partial charge in [-0.1, -0.05) is 167 Å². The number of fused-ring (bicyclic) bond motifs is 9. The van der Waals surface area contributed by atoms with Crippen molar-refractivity contribution in [2.75, 3.05) is 21.2 Å². The number of rotatable bonds is 9. The van der Waals surface area contributed by atoms with Gasteiger partial charge in [0.05, 0.1) is 5.00 Å². The highest BCUT2D eigenvalue weighted by atomic mass is 32.1. The predicted molar refractivity (Wildman–Crippen MR) is 356 cm³/mol. The van der Waals surface area contributed by atoms with Gasteiger partial charge in [0, 0.05) is 51.4 Å². The summed E-state index contributed by atoms with van der Waals surface area (Å²) >= 11 is 2.09. The molecule has 2 fully saturated rings. The summed E-state index contributed by atoms with van der Waals surface area (Å²) in [7, 11) is 0. The Morgan fingerprint density at radius 2 is 1.28 bits per heavy atom. The van der Waals surface area contributed by atoms with E-state index in [0.29, 0.717) is 11.8 Å². The van der Waals surface area contributed by atoms with Crippen LogP contribution in [0.4, 0.5) is 39.1 Å². The lowest BCUT2D eigenvalue weighted by molar-refractivity contribution is 0.248. The average Bonchev–Trinajstić information content (AvgIpc) is 2.46. The van der Waals surface area contributed by atoms with Gasteiger partial charge in [0.1, 0.15) is 0 Å². The maximum Gasteiger partial charge on any atom is 0.228 e. The molecule has 0 N–H and O–H groups in total.